The molecule has 2 rings (SSSR count). The van der Waals surface area contributed by atoms with Crippen molar-refractivity contribution in [3.63, 3.8) is 0 Å². The molecule has 0 atom stereocenters. The standard InChI is InChI=1S/C10H8N4O5S/c1-13-9(17)11-12-10(13)20-5-2-3-6(8(15)16)7(4-5)14(18)19/h2-4H,1H3,(H,11,17)(H,15,16). The van der Waals surface area contributed by atoms with Gasteiger partial charge in [0.1, 0.15) is 5.56 Å². The second-order valence-electron chi connectivity index (χ2n) is 3.71. The van der Waals surface area contributed by atoms with Gasteiger partial charge in [-0.15, -0.1) is 5.10 Å². The van der Waals surface area contributed by atoms with Crippen molar-refractivity contribution in [1.82, 2.24) is 14.8 Å². The number of hydrogen-bond acceptors (Lipinski definition) is 6. The van der Waals surface area contributed by atoms with Crippen LogP contribution in [-0.4, -0.2) is 30.8 Å². The molecule has 10 heteroatoms. The van der Waals surface area contributed by atoms with Crippen LogP contribution in [0.2, 0.25) is 0 Å². The molecule has 0 aliphatic heterocycles. The van der Waals surface area contributed by atoms with Gasteiger partial charge in [0.2, 0.25) is 0 Å². The third-order valence-electron chi connectivity index (χ3n) is 2.44. The molecule has 9 nitrogen and oxygen atoms in total. The number of rotatable bonds is 4. The Labute approximate surface area is 115 Å². The van der Waals surface area contributed by atoms with Crippen LogP contribution in [0.4, 0.5) is 5.69 Å². The molecule has 1 aromatic carbocycles. The largest absolute Gasteiger partial charge is 0.477 e. The van der Waals surface area contributed by atoms with Gasteiger partial charge in [0.05, 0.1) is 4.92 Å². The van der Waals surface area contributed by atoms with Gasteiger partial charge in [0.15, 0.2) is 5.16 Å². The molecule has 0 amide bonds. The van der Waals surface area contributed by atoms with Crippen molar-refractivity contribution in [3.05, 3.63) is 44.4 Å². The summed E-state index contributed by atoms with van der Waals surface area (Å²) in [4.78, 5) is 32.6. The lowest BCUT2D eigenvalue weighted by atomic mass is 10.2. The minimum absolute atomic E-state index is 0.312. The lowest BCUT2D eigenvalue weighted by Crippen LogP contribution is -2.12. The highest BCUT2D eigenvalue weighted by atomic mass is 32.2. The number of aromatic nitrogens is 3. The van der Waals surface area contributed by atoms with Crippen LogP contribution in [0.1, 0.15) is 10.4 Å². The molecule has 0 saturated carbocycles. The van der Waals surface area contributed by atoms with E-state index >= 15 is 0 Å². The van der Waals surface area contributed by atoms with Gasteiger partial charge in [-0.2, -0.15) is 0 Å². The summed E-state index contributed by atoms with van der Waals surface area (Å²) < 4.78 is 1.24. The van der Waals surface area contributed by atoms with Crippen molar-refractivity contribution >= 4 is 23.4 Å². The molecule has 0 aliphatic rings. The van der Waals surface area contributed by atoms with Crippen LogP contribution >= 0.6 is 11.8 Å². The van der Waals surface area contributed by atoms with E-state index in [4.69, 9.17) is 5.11 Å². The summed E-state index contributed by atoms with van der Waals surface area (Å²) >= 11 is 1.01. The van der Waals surface area contributed by atoms with Crippen LogP contribution in [0.3, 0.4) is 0 Å². The predicted octanol–water partition coefficient (Wildman–Crippen LogP) is 0.866. The van der Waals surface area contributed by atoms with Gasteiger partial charge < -0.3 is 5.11 Å². The Kier molecular flexibility index (Phi) is 3.57. The Morgan fingerprint density at radius 1 is 1.55 bits per heavy atom. The third kappa shape index (κ3) is 2.54. The van der Waals surface area contributed by atoms with E-state index in [0.717, 1.165) is 23.9 Å². The van der Waals surface area contributed by atoms with Crippen molar-refractivity contribution in [2.45, 2.75) is 10.1 Å². The molecule has 104 valence electrons. The molecule has 0 radical (unpaired) electrons. The molecule has 0 aliphatic carbocycles. The maximum absolute atomic E-state index is 11.2. The number of hydrogen-bond donors (Lipinski definition) is 2. The van der Waals surface area contributed by atoms with Crippen LogP contribution in [0.5, 0.6) is 0 Å². The Hall–Kier alpha value is -2.62. The van der Waals surface area contributed by atoms with Gasteiger partial charge in [-0.3, -0.25) is 14.7 Å². The minimum Gasteiger partial charge on any atom is -0.477 e. The number of nitrogens with zero attached hydrogens (tertiary/aromatic N) is 3. The quantitative estimate of drug-likeness (QED) is 0.632. The zero-order valence-corrected chi connectivity index (χ0v) is 10.9. The molecule has 0 unspecified atom stereocenters. The number of nitro benzene ring substituents is 1. The van der Waals surface area contributed by atoms with Crippen LogP contribution in [-0.2, 0) is 7.05 Å². The van der Waals surface area contributed by atoms with Crippen LogP contribution in [0, 0.1) is 10.1 Å². The highest BCUT2D eigenvalue weighted by Gasteiger charge is 2.20. The summed E-state index contributed by atoms with van der Waals surface area (Å²) in [6.45, 7) is 0. The molecule has 1 aromatic heterocycles. The van der Waals surface area contributed by atoms with Crippen LogP contribution in [0.15, 0.2) is 33.0 Å². The predicted molar refractivity (Wildman–Crippen MR) is 68.0 cm³/mol. The molecule has 0 fully saturated rings. The molecular weight excluding hydrogens is 288 g/mol. The first-order valence-electron chi connectivity index (χ1n) is 5.21. The maximum atomic E-state index is 11.2. The molecule has 20 heavy (non-hydrogen) atoms. The fourth-order valence-electron chi connectivity index (χ4n) is 1.44. The number of nitro groups is 1. The maximum Gasteiger partial charge on any atom is 0.343 e. The molecule has 0 saturated heterocycles. The Morgan fingerprint density at radius 3 is 2.75 bits per heavy atom. The van der Waals surface area contributed by atoms with E-state index in [1.807, 2.05) is 0 Å². The molecule has 0 spiro atoms. The Morgan fingerprint density at radius 2 is 2.25 bits per heavy atom. The van der Waals surface area contributed by atoms with Gasteiger partial charge in [-0.25, -0.2) is 14.7 Å². The first-order valence-corrected chi connectivity index (χ1v) is 6.03. The molecule has 0 bridgehead atoms. The van der Waals surface area contributed by atoms with Crippen molar-refractivity contribution < 1.29 is 14.8 Å². The highest BCUT2D eigenvalue weighted by molar-refractivity contribution is 7.99. The van der Waals surface area contributed by atoms with Crippen molar-refractivity contribution in [2.24, 2.45) is 7.05 Å². The normalized spacial score (nSPS) is 10.4. The van der Waals surface area contributed by atoms with Gasteiger partial charge in [-0.05, 0) is 23.9 Å². The van der Waals surface area contributed by atoms with Crippen molar-refractivity contribution in [2.75, 3.05) is 0 Å². The van der Waals surface area contributed by atoms with E-state index in [1.165, 1.54) is 17.7 Å². The average Bonchev–Trinajstić information content (AvgIpc) is 2.70. The fraction of sp³-hybridized carbons (Fsp3) is 0.100. The molecule has 2 aromatic rings. The summed E-state index contributed by atoms with van der Waals surface area (Å²) in [7, 11) is 1.49. The summed E-state index contributed by atoms with van der Waals surface area (Å²) in [6.07, 6.45) is 0. The molecule has 1 heterocycles. The minimum atomic E-state index is -1.37. The number of carboxylic acids is 1. The number of aromatic carboxylic acids is 1. The van der Waals surface area contributed by atoms with Crippen molar-refractivity contribution in [1.29, 1.82) is 0 Å². The van der Waals surface area contributed by atoms with E-state index in [1.54, 1.807) is 0 Å². The van der Waals surface area contributed by atoms with Gasteiger partial charge in [0.25, 0.3) is 5.69 Å². The highest BCUT2D eigenvalue weighted by Crippen LogP contribution is 2.30. The van der Waals surface area contributed by atoms with E-state index in [2.05, 4.69) is 10.2 Å². The van der Waals surface area contributed by atoms with E-state index in [9.17, 15) is 19.7 Å². The number of aromatic amines is 1. The SMILES string of the molecule is Cn1c(Sc2ccc(C(=O)O)c([N+](=O)[O-])c2)n[nH]c1=O. The first kappa shape index (κ1) is 13.8. The second-order valence-corrected chi connectivity index (χ2v) is 4.75. The number of nitrogens with one attached hydrogen (secondary N) is 1. The lowest BCUT2D eigenvalue weighted by molar-refractivity contribution is -0.385. The summed E-state index contributed by atoms with van der Waals surface area (Å²) in [6, 6.07) is 3.70. The smallest absolute Gasteiger partial charge is 0.343 e. The summed E-state index contributed by atoms with van der Waals surface area (Å²) in [5.74, 6) is -1.37. The topological polar surface area (TPSA) is 131 Å². The fourth-order valence-corrected chi connectivity index (χ4v) is 2.26. The second kappa shape index (κ2) is 5.17. The number of H-pyrrole nitrogens is 1. The summed E-state index contributed by atoms with van der Waals surface area (Å²) in [5.41, 5.74) is -1.32. The number of carbonyl (C=O) groups is 1. The Balaban J connectivity index is 2.41. The molecular formula is C10H8N4O5S. The van der Waals surface area contributed by atoms with Crippen LogP contribution < -0.4 is 5.69 Å². The van der Waals surface area contributed by atoms with E-state index in [-0.39, 0.29) is 0 Å². The average molecular weight is 296 g/mol. The zero-order valence-electron chi connectivity index (χ0n) is 10.1. The lowest BCUT2D eigenvalue weighted by Gasteiger charge is -2.02. The van der Waals surface area contributed by atoms with Gasteiger partial charge >= 0.3 is 11.7 Å². The monoisotopic (exact) mass is 296 g/mol. The van der Waals surface area contributed by atoms with Gasteiger partial charge in [0, 0.05) is 18.0 Å². The van der Waals surface area contributed by atoms with Crippen molar-refractivity contribution in [3.8, 4) is 0 Å². The molecule has 2 N–H and O–H groups in total. The Bertz CT molecular complexity index is 750. The third-order valence-corrected chi connectivity index (χ3v) is 3.48. The van der Waals surface area contributed by atoms with Gasteiger partial charge in [-0.1, -0.05) is 0 Å². The number of carboxylic acid groups (broad SMARTS) is 1. The van der Waals surface area contributed by atoms with Crippen LogP contribution in [0.25, 0.3) is 0 Å². The first-order chi connectivity index (χ1) is 9.40. The zero-order chi connectivity index (χ0) is 14.9. The number of benzene rings is 1. The summed E-state index contributed by atoms with van der Waals surface area (Å²) in [5, 5.41) is 26.0. The van der Waals surface area contributed by atoms with E-state index < -0.39 is 27.8 Å². The van der Waals surface area contributed by atoms with E-state index in [0.29, 0.717) is 10.1 Å².